The molecule has 0 aliphatic heterocycles. The summed E-state index contributed by atoms with van der Waals surface area (Å²) in [5.41, 5.74) is 1.95. The summed E-state index contributed by atoms with van der Waals surface area (Å²) in [7, 11) is 0. The molecule has 2 aromatic rings. The van der Waals surface area contributed by atoms with E-state index in [9.17, 15) is 4.79 Å². The number of para-hydroxylation sites is 1. The van der Waals surface area contributed by atoms with Crippen molar-refractivity contribution in [3.8, 4) is 0 Å². The maximum Gasteiger partial charge on any atom is 0.231 e. The van der Waals surface area contributed by atoms with Gasteiger partial charge in [-0.15, -0.1) is 11.8 Å². The monoisotopic (exact) mass is 285 g/mol. The third kappa shape index (κ3) is 3.42. The minimum absolute atomic E-state index is 0.0557. The van der Waals surface area contributed by atoms with E-state index in [4.69, 9.17) is 0 Å². The van der Waals surface area contributed by atoms with Crippen molar-refractivity contribution in [1.82, 2.24) is 0 Å². The number of hydrogen-bond acceptors (Lipinski definition) is 2. The first-order chi connectivity index (χ1) is 9.76. The minimum Gasteiger partial charge on any atom is -0.325 e. The van der Waals surface area contributed by atoms with E-state index in [1.165, 1.54) is 0 Å². The molecule has 3 heteroatoms. The Morgan fingerprint density at radius 1 is 1.10 bits per heavy atom. The smallest absolute Gasteiger partial charge is 0.231 e. The Labute approximate surface area is 124 Å². The van der Waals surface area contributed by atoms with E-state index in [0.717, 1.165) is 22.6 Å². The second kappa shape index (κ2) is 7.15. The summed E-state index contributed by atoms with van der Waals surface area (Å²) in [5.74, 6) is -0.0497. The van der Waals surface area contributed by atoms with Gasteiger partial charge in [0.15, 0.2) is 0 Å². The minimum atomic E-state index is -0.105. The average molecular weight is 285 g/mol. The lowest BCUT2D eigenvalue weighted by Crippen LogP contribution is -2.21. The van der Waals surface area contributed by atoms with Gasteiger partial charge in [-0.3, -0.25) is 4.79 Å². The summed E-state index contributed by atoms with van der Waals surface area (Å²) in [6.45, 7) is 2.04. The van der Waals surface area contributed by atoms with E-state index in [1.54, 1.807) is 11.8 Å². The lowest BCUT2D eigenvalue weighted by atomic mass is 9.95. The zero-order valence-electron chi connectivity index (χ0n) is 11.8. The van der Waals surface area contributed by atoms with Gasteiger partial charge in [0, 0.05) is 4.90 Å². The van der Waals surface area contributed by atoms with Crippen LogP contribution in [-0.2, 0) is 4.79 Å². The summed E-state index contributed by atoms with van der Waals surface area (Å²) >= 11 is 1.64. The maximum atomic E-state index is 12.5. The molecule has 2 rings (SSSR count). The van der Waals surface area contributed by atoms with Gasteiger partial charge < -0.3 is 5.32 Å². The van der Waals surface area contributed by atoms with Crippen LogP contribution in [0, 0.1) is 0 Å². The van der Waals surface area contributed by atoms with Crippen molar-refractivity contribution in [1.29, 1.82) is 0 Å². The molecular weight excluding hydrogens is 266 g/mol. The van der Waals surface area contributed by atoms with Gasteiger partial charge in [-0.25, -0.2) is 0 Å². The lowest BCUT2D eigenvalue weighted by Gasteiger charge is -2.16. The number of nitrogens with one attached hydrogen (secondary N) is 1. The van der Waals surface area contributed by atoms with Crippen LogP contribution in [0.25, 0.3) is 0 Å². The Hall–Kier alpha value is -1.74. The van der Waals surface area contributed by atoms with E-state index in [1.807, 2.05) is 67.8 Å². The van der Waals surface area contributed by atoms with Crippen molar-refractivity contribution in [2.24, 2.45) is 0 Å². The fourth-order valence-electron chi connectivity index (χ4n) is 2.23. The number of carbonyl (C=O) groups excluding carboxylic acids is 1. The topological polar surface area (TPSA) is 29.1 Å². The highest BCUT2D eigenvalue weighted by molar-refractivity contribution is 7.98. The molecule has 0 heterocycles. The van der Waals surface area contributed by atoms with Gasteiger partial charge in [0.2, 0.25) is 5.91 Å². The van der Waals surface area contributed by atoms with E-state index in [2.05, 4.69) is 5.32 Å². The first-order valence-corrected chi connectivity index (χ1v) is 7.97. The fourth-order valence-corrected chi connectivity index (χ4v) is 2.78. The van der Waals surface area contributed by atoms with Gasteiger partial charge in [0.05, 0.1) is 11.6 Å². The van der Waals surface area contributed by atoms with Gasteiger partial charge in [0.25, 0.3) is 0 Å². The molecule has 1 amide bonds. The Bertz CT molecular complexity index is 568. The summed E-state index contributed by atoms with van der Waals surface area (Å²) in [5, 5.41) is 3.05. The SMILES string of the molecule is CC[C@@H](C(=O)Nc1ccccc1SC)c1ccccc1. The molecule has 0 saturated carbocycles. The van der Waals surface area contributed by atoms with Crippen molar-refractivity contribution in [2.45, 2.75) is 24.2 Å². The molecule has 104 valence electrons. The van der Waals surface area contributed by atoms with E-state index in [-0.39, 0.29) is 11.8 Å². The molecule has 20 heavy (non-hydrogen) atoms. The van der Waals surface area contributed by atoms with Gasteiger partial charge in [0.1, 0.15) is 0 Å². The van der Waals surface area contributed by atoms with Crippen molar-refractivity contribution in [3.05, 3.63) is 60.2 Å². The molecule has 0 saturated heterocycles. The summed E-state index contributed by atoms with van der Waals surface area (Å²) < 4.78 is 0. The largest absolute Gasteiger partial charge is 0.325 e. The van der Waals surface area contributed by atoms with Crippen LogP contribution in [0.4, 0.5) is 5.69 Å². The molecule has 0 aliphatic carbocycles. The average Bonchev–Trinajstić information content (AvgIpc) is 2.49. The molecular formula is C17H19NOS. The third-order valence-corrected chi connectivity index (χ3v) is 4.09. The number of rotatable bonds is 5. The van der Waals surface area contributed by atoms with Crippen LogP contribution < -0.4 is 5.32 Å². The van der Waals surface area contributed by atoms with Crippen LogP contribution >= 0.6 is 11.8 Å². The quantitative estimate of drug-likeness (QED) is 0.817. The van der Waals surface area contributed by atoms with Crippen LogP contribution in [0.1, 0.15) is 24.8 Å². The molecule has 0 unspecified atom stereocenters. The highest BCUT2D eigenvalue weighted by atomic mass is 32.2. The Morgan fingerprint density at radius 3 is 2.40 bits per heavy atom. The Morgan fingerprint density at radius 2 is 1.75 bits per heavy atom. The van der Waals surface area contributed by atoms with Crippen LogP contribution in [0.15, 0.2) is 59.5 Å². The van der Waals surface area contributed by atoms with Crippen molar-refractivity contribution < 1.29 is 4.79 Å². The molecule has 0 bridgehead atoms. The second-order valence-corrected chi connectivity index (χ2v) is 5.41. The highest BCUT2D eigenvalue weighted by Crippen LogP contribution is 2.27. The normalized spacial score (nSPS) is 11.9. The van der Waals surface area contributed by atoms with Crippen molar-refractivity contribution in [3.63, 3.8) is 0 Å². The molecule has 0 spiro atoms. The zero-order valence-corrected chi connectivity index (χ0v) is 12.6. The Kier molecular flexibility index (Phi) is 5.24. The van der Waals surface area contributed by atoms with Crippen molar-refractivity contribution in [2.75, 3.05) is 11.6 Å². The van der Waals surface area contributed by atoms with E-state index >= 15 is 0 Å². The lowest BCUT2D eigenvalue weighted by molar-refractivity contribution is -0.117. The molecule has 2 aromatic carbocycles. The van der Waals surface area contributed by atoms with E-state index < -0.39 is 0 Å². The molecule has 0 fully saturated rings. The molecule has 1 atom stereocenters. The highest BCUT2D eigenvalue weighted by Gasteiger charge is 2.19. The zero-order chi connectivity index (χ0) is 14.4. The van der Waals surface area contributed by atoms with Crippen molar-refractivity contribution >= 4 is 23.4 Å². The standard InChI is InChI=1S/C17H19NOS/c1-3-14(13-9-5-4-6-10-13)17(19)18-15-11-7-8-12-16(15)20-2/h4-12,14H,3H2,1-2H3,(H,18,19)/t14-/m1/s1. The first kappa shape index (κ1) is 14.7. The van der Waals surface area contributed by atoms with Crippen LogP contribution in [0.5, 0.6) is 0 Å². The number of hydrogen-bond donors (Lipinski definition) is 1. The van der Waals surface area contributed by atoms with Crippen LogP contribution in [-0.4, -0.2) is 12.2 Å². The number of carbonyl (C=O) groups is 1. The van der Waals surface area contributed by atoms with Gasteiger partial charge >= 0.3 is 0 Å². The van der Waals surface area contributed by atoms with Crippen LogP contribution in [0.2, 0.25) is 0 Å². The predicted molar refractivity (Wildman–Crippen MR) is 86.3 cm³/mol. The molecule has 0 aliphatic rings. The number of thioether (sulfide) groups is 1. The number of anilines is 1. The number of benzene rings is 2. The van der Waals surface area contributed by atoms with Gasteiger partial charge in [-0.05, 0) is 30.4 Å². The molecule has 0 radical (unpaired) electrons. The fraction of sp³-hybridized carbons (Fsp3) is 0.235. The van der Waals surface area contributed by atoms with Gasteiger partial charge in [-0.1, -0.05) is 49.4 Å². The number of amides is 1. The third-order valence-electron chi connectivity index (χ3n) is 3.29. The van der Waals surface area contributed by atoms with Crippen LogP contribution in [0.3, 0.4) is 0 Å². The predicted octanol–water partition coefficient (Wildman–Crippen LogP) is 4.54. The molecule has 1 N–H and O–H groups in total. The summed E-state index contributed by atoms with van der Waals surface area (Å²) in [4.78, 5) is 13.6. The second-order valence-electron chi connectivity index (χ2n) is 4.56. The summed E-state index contributed by atoms with van der Waals surface area (Å²) in [6, 6.07) is 17.8. The van der Waals surface area contributed by atoms with Gasteiger partial charge in [-0.2, -0.15) is 0 Å². The Balaban J connectivity index is 2.18. The first-order valence-electron chi connectivity index (χ1n) is 6.75. The summed E-state index contributed by atoms with van der Waals surface area (Å²) in [6.07, 6.45) is 2.80. The molecule has 0 aromatic heterocycles. The molecule has 2 nitrogen and oxygen atoms in total. The maximum absolute atomic E-state index is 12.5. The van der Waals surface area contributed by atoms with E-state index in [0.29, 0.717) is 0 Å².